The minimum absolute atomic E-state index is 0.226. The molecule has 1 heterocycles. The van der Waals surface area contributed by atoms with Crippen LogP contribution in [0.15, 0.2) is 18.7 Å². The van der Waals surface area contributed by atoms with Gasteiger partial charge in [0, 0.05) is 38.1 Å². The van der Waals surface area contributed by atoms with Gasteiger partial charge >= 0.3 is 0 Å². The Kier molecular flexibility index (Phi) is 5.22. The Morgan fingerprint density at radius 1 is 1.40 bits per heavy atom. The van der Waals surface area contributed by atoms with Crippen LogP contribution in [-0.2, 0) is 11.3 Å². The first-order valence-electron chi connectivity index (χ1n) is 7.73. The number of ether oxygens (including phenoxy) is 1. The second-order valence-corrected chi connectivity index (χ2v) is 7.07. The van der Waals surface area contributed by atoms with E-state index in [1.807, 2.05) is 25.8 Å². The molecule has 1 fully saturated rings. The van der Waals surface area contributed by atoms with Gasteiger partial charge in [-0.2, -0.15) is 0 Å². The van der Waals surface area contributed by atoms with Crippen molar-refractivity contribution in [3.63, 3.8) is 0 Å². The summed E-state index contributed by atoms with van der Waals surface area (Å²) in [6.07, 6.45) is 11.1. The zero-order valence-electron chi connectivity index (χ0n) is 13.3. The van der Waals surface area contributed by atoms with Crippen LogP contribution >= 0.6 is 0 Å². The first kappa shape index (κ1) is 15.5. The SMILES string of the molecule is COC1CCCC(NC(Cn2ccnc2)C(C)(C)C)C1. The van der Waals surface area contributed by atoms with Crippen molar-refractivity contribution in [1.82, 2.24) is 14.9 Å². The van der Waals surface area contributed by atoms with Crippen molar-refractivity contribution >= 4 is 0 Å². The summed E-state index contributed by atoms with van der Waals surface area (Å²) in [5, 5.41) is 3.87. The standard InChI is InChI=1S/C16H29N3O/c1-16(2,3)15(11-19-9-8-17-12-19)18-13-6-5-7-14(10-13)20-4/h8-9,12-15,18H,5-7,10-11H2,1-4H3. The Labute approximate surface area is 122 Å². The molecule has 114 valence electrons. The van der Waals surface area contributed by atoms with Gasteiger partial charge in [0.2, 0.25) is 0 Å². The van der Waals surface area contributed by atoms with E-state index < -0.39 is 0 Å². The molecule has 1 aliphatic carbocycles. The summed E-state index contributed by atoms with van der Waals surface area (Å²) in [6, 6.07) is 1.01. The molecule has 1 aromatic rings. The van der Waals surface area contributed by atoms with Crippen molar-refractivity contribution in [2.24, 2.45) is 5.41 Å². The number of nitrogens with one attached hydrogen (secondary N) is 1. The highest BCUT2D eigenvalue weighted by Crippen LogP contribution is 2.26. The van der Waals surface area contributed by atoms with Gasteiger partial charge in [-0.1, -0.05) is 20.8 Å². The molecule has 2 rings (SSSR count). The maximum atomic E-state index is 5.54. The second kappa shape index (κ2) is 6.72. The summed E-state index contributed by atoms with van der Waals surface area (Å²) in [6.45, 7) is 7.88. The highest BCUT2D eigenvalue weighted by atomic mass is 16.5. The first-order valence-corrected chi connectivity index (χ1v) is 7.73. The number of methoxy groups -OCH3 is 1. The van der Waals surface area contributed by atoms with E-state index in [4.69, 9.17) is 4.74 Å². The average molecular weight is 279 g/mol. The smallest absolute Gasteiger partial charge is 0.0946 e. The molecule has 20 heavy (non-hydrogen) atoms. The number of rotatable bonds is 5. The lowest BCUT2D eigenvalue weighted by atomic mass is 9.84. The Hall–Kier alpha value is -0.870. The van der Waals surface area contributed by atoms with Gasteiger partial charge in [0.15, 0.2) is 0 Å². The van der Waals surface area contributed by atoms with Crippen LogP contribution in [0.1, 0.15) is 46.5 Å². The lowest BCUT2D eigenvalue weighted by Gasteiger charge is -2.38. The van der Waals surface area contributed by atoms with Crippen molar-refractivity contribution in [1.29, 1.82) is 0 Å². The van der Waals surface area contributed by atoms with E-state index in [0.29, 0.717) is 18.2 Å². The van der Waals surface area contributed by atoms with Gasteiger partial charge in [-0.3, -0.25) is 0 Å². The third kappa shape index (κ3) is 4.32. The van der Waals surface area contributed by atoms with Crippen molar-refractivity contribution < 1.29 is 4.74 Å². The van der Waals surface area contributed by atoms with Gasteiger partial charge in [-0.05, 0) is 31.1 Å². The van der Waals surface area contributed by atoms with Gasteiger partial charge < -0.3 is 14.6 Å². The summed E-state index contributed by atoms with van der Waals surface area (Å²) < 4.78 is 7.71. The fraction of sp³-hybridized carbons (Fsp3) is 0.812. The molecule has 1 aliphatic rings. The topological polar surface area (TPSA) is 39.1 Å². The number of hydrogen-bond acceptors (Lipinski definition) is 3. The summed E-state index contributed by atoms with van der Waals surface area (Å²) in [5.41, 5.74) is 0.226. The summed E-state index contributed by atoms with van der Waals surface area (Å²) >= 11 is 0. The molecule has 0 aromatic carbocycles. The van der Waals surface area contributed by atoms with Crippen LogP contribution in [0.3, 0.4) is 0 Å². The quantitative estimate of drug-likeness (QED) is 0.901. The lowest BCUT2D eigenvalue weighted by Crippen LogP contribution is -2.50. The van der Waals surface area contributed by atoms with Crippen molar-refractivity contribution in [2.45, 2.75) is 71.2 Å². The molecule has 1 saturated carbocycles. The lowest BCUT2D eigenvalue weighted by molar-refractivity contribution is 0.0522. The largest absolute Gasteiger partial charge is 0.381 e. The third-order valence-electron chi connectivity index (χ3n) is 4.39. The minimum Gasteiger partial charge on any atom is -0.381 e. The maximum absolute atomic E-state index is 5.54. The highest BCUT2D eigenvalue weighted by molar-refractivity contribution is 4.89. The molecule has 4 heteroatoms. The molecule has 1 N–H and O–H groups in total. The zero-order chi connectivity index (χ0) is 14.6. The molecule has 0 amide bonds. The molecule has 3 unspecified atom stereocenters. The van der Waals surface area contributed by atoms with Crippen LogP contribution in [0.5, 0.6) is 0 Å². The van der Waals surface area contributed by atoms with Crippen LogP contribution in [0, 0.1) is 5.41 Å². The molecule has 0 bridgehead atoms. The zero-order valence-corrected chi connectivity index (χ0v) is 13.3. The fourth-order valence-corrected chi connectivity index (χ4v) is 2.98. The molecule has 3 atom stereocenters. The van der Waals surface area contributed by atoms with Crippen LogP contribution in [0.4, 0.5) is 0 Å². The van der Waals surface area contributed by atoms with Gasteiger partial charge in [-0.25, -0.2) is 4.98 Å². The number of imidazole rings is 1. The first-order chi connectivity index (χ1) is 9.49. The van der Waals surface area contributed by atoms with Crippen LogP contribution < -0.4 is 5.32 Å². The normalized spacial score (nSPS) is 25.6. The summed E-state index contributed by atoms with van der Waals surface area (Å²) in [4.78, 5) is 4.14. The van der Waals surface area contributed by atoms with Crippen molar-refractivity contribution in [3.8, 4) is 0 Å². The predicted molar refractivity (Wildman–Crippen MR) is 81.7 cm³/mol. The monoisotopic (exact) mass is 279 g/mol. The molecule has 4 nitrogen and oxygen atoms in total. The highest BCUT2D eigenvalue weighted by Gasteiger charge is 2.29. The van der Waals surface area contributed by atoms with Gasteiger partial charge in [0.25, 0.3) is 0 Å². The Morgan fingerprint density at radius 3 is 2.80 bits per heavy atom. The number of hydrogen-bond donors (Lipinski definition) is 1. The molecule has 0 radical (unpaired) electrons. The van der Waals surface area contributed by atoms with Crippen LogP contribution in [-0.4, -0.2) is 34.8 Å². The fourth-order valence-electron chi connectivity index (χ4n) is 2.98. The maximum Gasteiger partial charge on any atom is 0.0946 e. The molecule has 0 spiro atoms. The Balaban J connectivity index is 1.97. The van der Waals surface area contributed by atoms with Crippen molar-refractivity contribution in [2.75, 3.05) is 7.11 Å². The van der Waals surface area contributed by atoms with Gasteiger partial charge in [-0.15, -0.1) is 0 Å². The van der Waals surface area contributed by atoms with Crippen LogP contribution in [0.2, 0.25) is 0 Å². The van der Waals surface area contributed by atoms with E-state index in [9.17, 15) is 0 Å². The van der Waals surface area contributed by atoms with Crippen molar-refractivity contribution in [3.05, 3.63) is 18.7 Å². The summed E-state index contributed by atoms with van der Waals surface area (Å²) in [5.74, 6) is 0. The van der Waals surface area contributed by atoms with E-state index in [-0.39, 0.29) is 5.41 Å². The molecule has 0 saturated heterocycles. The van der Waals surface area contributed by atoms with E-state index in [2.05, 4.69) is 35.6 Å². The third-order valence-corrected chi connectivity index (χ3v) is 4.39. The van der Waals surface area contributed by atoms with E-state index in [0.717, 1.165) is 13.0 Å². The predicted octanol–water partition coefficient (Wildman–Crippen LogP) is 2.85. The molecule has 1 aromatic heterocycles. The van der Waals surface area contributed by atoms with Gasteiger partial charge in [0.05, 0.1) is 12.4 Å². The molecule has 0 aliphatic heterocycles. The molecular weight excluding hydrogens is 250 g/mol. The number of aromatic nitrogens is 2. The minimum atomic E-state index is 0.226. The van der Waals surface area contributed by atoms with Crippen LogP contribution in [0.25, 0.3) is 0 Å². The average Bonchev–Trinajstić information content (AvgIpc) is 2.90. The van der Waals surface area contributed by atoms with E-state index >= 15 is 0 Å². The van der Waals surface area contributed by atoms with E-state index in [1.165, 1.54) is 19.3 Å². The van der Waals surface area contributed by atoms with Gasteiger partial charge in [0.1, 0.15) is 0 Å². The van der Waals surface area contributed by atoms with E-state index in [1.54, 1.807) is 0 Å². The molecular formula is C16H29N3O. The Bertz CT molecular complexity index is 383. The number of nitrogens with zero attached hydrogens (tertiary/aromatic N) is 2. The second-order valence-electron chi connectivity index (χ2n) is 7.07. The Morgan fingerprint density at radius 2 is 2.20 bits per heavy atom. The summed E-state index contributed by atoms with van der Waals surface area (Å²) in [7, 11) is 1.83.